The molecule has 1 aromatic carbocycles. The number of nitriles is 1. The van der Waals surface area contributed by atoms with Crippen LogP contribution in [0.1, 0.15) is 5.56 Å². The molecule has 0 spiro atoms. The zero-order valence-electron chi connectivity index (χ0n) is 10.6. The first-order valence-electron chi connectivity index (χ1n) is 5.91. The minimum absolute atomic E-state index is 0.0167. The van der Waals surface area contributed by atoms with E-state index in [1.54, 1.807) is 18.3 Å². The Kier molecular flexibility index (Phi) is 3.04. The molecule has 104 valence electrons. The summed E-state index contributed by atoms with van der Waals surface area (Å²) in [5.41, 5.74) is 0.994. The maximum atomic E-state index is 12.4. The van der Waals surface area contributed by atoms with Gasteiger partial charge >= 0.3 is 0 Å². The van der Waals surface area contributed by atoms with Gasteiger partial charge in [-0.1, -0.05) is 6.07 Å². The van der Waals surface area contributed by atoms with Crippen LogP contribution in [0.3, 0.4) is 0 Å². The first-order chi connectivity index (χ1) is 10.1. The number of fused-ring (bicyclic) bond motifs is 1. The second-order valence-corrected chi connectivity index (χ2v) is 5.88. The van der Waals surface area contributed by atoms with E-state index in [9.17, 15) is 8.42 Å². The normalized spacial score (nSPS) is 11.2. The standard InChI is InChI=1S/C13H9N5O2S/c14-8-10-3-1-4-11(7-10)21(19,20)17-12-5-2-6-18-13(12)15-9-16-18/h1-7,9,17H. The third-order valence-corrected chi connectivity index (χ3v) is 4.19. The molecule has 0 bridgehead atoms. The molecule has 0 atom stereocenters. The maximum absolute atomic E-state index is 12.4. The van der Waals surface area contributed by atoms with Gasteiger partial charge in [-0.05, 0) is 30.3 Å². The van der Waals surface area contributed by atoms with Gasteiger partial charge in [0.1, 0.15) is 6.33 Å². The predicted octanol–water partition coefficient (Wildman–Crippen LogP) is 1.40. The molecule has 0 saturated carbocycles. The van der Waals surface area contributed by atoms with Crippen molar-refractivity contribution < 1.29 is 8.42 Å². The molecule has 8 heteroatoms. The van der Waals surface area contributed by atoms with Crippen LogP contribution in [-0.2, 0) is 10.0 Å². The Bertz CT molecular complexity index is 956. The average Bonchev–Trinajstić information content (AvgIpc) is 2.97. The highest BCUT2D eigenvalue weighted by atomic mass is 32.2. The van der Waals surface area contributed by atoms with Gasteiger partial charge in [-0.3, -0.25) is 4.72 Å². The molecule has 7 nitrogen and oxygen atoms in total. The molecule has 0 unspecified atom stereocenters. The molecule has 0 aliphatic rings. The number of hydrogen-bond donors (Lipinski definition) is 1. The average molecular weight is 299 g/mol. The van der Waals surface area contributed by atoms with Crippen LogP contribution in [0, 0.1) is 11.3 Å². The monoisotopic (exact) mass is 299 g/mol. The quantitative estimate of drug-likeness (QED) is 0.788. The van der Waals surface area contributed by atoms with Crippen molar-refractivity contribution in [2.24, 2.45) is 0 Å². The number of rotatable bonds is 3. The van der Waals surface area contributed by atoms with E-state index in [0.29, 0.717) is 11.3 Å². The van der Waals surface area contributed by atoms with E-state index in [1.807, 2.05) is 6.07 Å². The number of aromatic nitrogens is 3. The van der Waals surface area contributed by atoms with Crippen LogP contribution in [-0.4, -0.2) is 23.0 Å². The number of hydrogen-bond acceptors (Lipinski definition) is 5. The van der Waals surface area contributed by atoms with Crippen LogP contribution in [0.15, 0.2) is 53.8 Å². The van der Waals surface area contributed by atoms with Gasteiger partial charge in [-0.2, -0.15) is 10.4 Å². The van der Waals surface area contributed by atoms with E-state index in [-0.39, 0.29) is 10.5 Å². The Morgan fingerprint density at radius 3 is 2.90 bits per heavy atom. The molecular weight excluding hydrogens is 290 g/mol. The minimum atomic E-state index is -3.80. The highest BCUT2D eigenvalue weighted by Gasteiger charge is 2.16. The number of sulfonamides is 1. The van der Waals surface area contributed by atoms with Gasteiger partial charge in [-0.15, -0.1) is 0 Å². The van der Waals surface area contributed by atoms with Crippen LogP contribution >= 0.6 is 0 Å². The first-order valence-corrected chi connectivity index (χ1v) is 7.40. The minimum Gasteiger partial charge on any atom is -0.276 e. The zero-order valence-corrected chi connectivity index (χ0v) is 11.4. The van der Waals surface area contributed by atoms with Crippen LogP contribution in [0.4, 0.5) is 5.69 Å². The fourth-order valence-electron chi connectivity index (χ4n) is 1.86. The van der Waals surface area contributed by atoms with Crippen LogP contribution in [0.25, 0.3) is 5.65 Å². The topological polar surface area (TPSA) is 100 Å². The van der Waals surface area contributed by atoms with Crippen molar-refractivity contribution in [2.45, 2.75) is 4.90 Å². The van der Waals surface area contributed by atoms with Gasteiger partial charge in [-0.25, -0.2) is 17.9 Å². The third-order valence-electron chi connectivity index (χ3n) is 2.82. The summed E-state index contributed by atoms with van der Waals surface area (Å²) in [6.45, 7) is 0. The lowest BCUT2D eigenvalue weighted by Gasteiger charge is -2.08. The molecule has 0 saturated heterocycles. The van der Waals surface area contributed by atoms with E-state index >= 15 is 0 Å². The number of nitrogens with one attached hydrogen (secondary N) is 1. The van der Waals surface area contributed by atoms with Gasteiger partial charge in [0, 0.05) is 6.20 Å². The van der Waals surface area contributed by atoms with Gasteiger partial charge in [0.25, 0.3) is 10.0 Å². The Morgan fingerprint density at radius 1 is 1.24 bits per heavy atom. The van der Waals surface area contributed by atoms with E-state index in [4.69, 9.17) is 5.26 Å². The molecule has 21 heavy (non-hydrogen) atoms. The fourth-order valence-corrected chi connectivity index (χ4v) is 2.97. The second-order valence-electron chi connectivity index (χ2n) is 4.20. The number of benzene rings is 1. The summed E-state index contributed by atoms with van der Waals surface area (Å²) in [6.07, 6.45) is 3.00. The molecule has 2 heterocycles. The molecule has 3 rings (SSSR count). The first kappa shape index (κ1) is 13.1. The van der Waals surface area contributed by atoms with E-state index in [0.717, 1.165) is 0 Å². The number of nitrogens with zero attached hydrogens (tertiary/aromatic N) is 4. The summed E-state index contributed by atoms with van der Waals surface area (Å²) in [7, 11) is -3.80. The lowest BCUT2D eigenvalue weighted by atomic mass is 10.2. The number of pyridine rings is 1. The van der Waals surface area contributed by atoms with Gasteiger partial charge in [0.2, 0.25) is 0 Å². The summed E-state index contributed by atoms with van der Waals surface area (Å²) in [5.74, 6) is 0. The van der Waals surface area contributed by atoms with Crippen LogP contribution in [0.5, 0.6) is 0 Å². The summed E-state index contributed by atoms with van der Waals surface area (Å²) in [6, 6.07) is 11.0. The van der Waals surface area contributed by atoms with Crippen molar-refractivity contribution in [1.82, 2.24) is 14.6 Å². The second kappa shape index (κ2) is 4.88. The SMILES string of the molecule is N#Cc1cccc(S(=O)(=O)Nc2cccn3ncnc23)c1. The molecule has 3 aromatic rings. The summed E-state index contributed by atoms with van der Waals surface area (Å²) in [5, 5.41) is 12.8. The maximum Gasteiger partial charge on any atom is 0.262 e. The summed E-state index contributed by atoms with van der Waals surface area (Å²) in [4.78, 5) is 4.02. The van der Waals surface area contributed by atoms with Crippen molar-refractivity contribution in [2.75, 3.05) is 4.72 Å². The smallest absolute Gasteiger partial charge is 0.262 e. The Labute approximate surface area is 120 Å². The van der Waals surface area contributed by atoms with Gasteiger partial charge in [0.15, 0.2) is 5.65 Å². The Balaban J connectivity index is 2.03. The van der Waals surface area contributed by atoms with Crippen molar-refractivity contribution in [1.29, 1.82) is 5.26 Å². The van der Waals surface area contributed by atoms with E-state index < -0.39 is 10.0 Å². The van der Waals surface area contributed by atoms with E-state index in [1.165, 1.54) is 35.1 Å². The van der Waals surface area contributed by atoms with Crippen molar-refractivity contribution in [3.8, 4) is 6.07 Å². The summed E-state index contributed by atoms with van der Waals surface area (Å²) < 4.78 is 28.6. The lowest BCUT2D eigenvalue weighted by molar-refractivity contribution is 0.601. The molecule has 0 fully saturated rings. The van der Waals surface area contributed by atoms with Gasteiger partial charge < -0.3 is 0 Å². The molecule has 0 aliphatic heterocycles. The predicted molar refractivity (Wildman–Crippen MR) is 75.0 cm³/mol. The molecule has 0 radical (unpaired) electrons. The molecule has 0 amide bonds. The molecular formula is C13H9N5O2S. The van der Waals surface area contributed by atoms with Crippen molar-refractivity contribution >= 4 is 21.4 Å². The van der Waals surface area contributed by atoms with Crippen molar-refractivity contribution in [3.05, 3.63) is 54.5 Å². The summed E-state index contributed by atoms with van der Waals surface area (Å²) >= 11 is 0. The Morgan fingerprint density at radius 2 is 2.10 bits per heavy atom. The highest BCUT2D eigenvalue weighted by Crippen LogP contribution is 2.19. The molecule has 0 aliphatic carbocycles. The zero-order chi connectivity index (χ0) is 14.9. The van der Waals surface area contributed by atoms with Crippen molar-refractivity contribution in [3.63, 3.8) is 0 Å². The fraction of sp³-hybridized carbons (Fsp3) is 0. The lowest BCUT2D eigenvalue weighted by Crippen LogP contribution is -2.14. The van der Waals surface area contributed by atoms with Crippen LogP contribution < -0.4 is 4.72 Å². The largest absolute Gasteiger partial charge is 0.276 e. The van der Waals surface area contributed by atoms with Gasteiger partial charge in [0.05, 0.1) is 22.2 Å². The number of anilines is 1. The molecule has 2 aromatic heterocycles. The third kappa shape index (κ3) is 2.42. The molecule has 1 N–H and O–H groups in total. The van der Waals surface area contributed by atoms with Crippen LogP contribution in [0.2, 0.25) is 0 Å². The van der Waals surface area contributed by atoms with E-state index in [2.05, 4.69) is 14.8 Å². The highest BCUT2D eigenvalue weighted by molar-refractivity contribution is 7.92. The Hall–Kier alpha value is -2.92.